The van der Waals surface area contributed by atoms with Gasteiger partial charge in [-0.2, -0.15) is 0 Å². The lowest BCUT2D eigenvalue weighted by Gasteiger charge is -2.13. The molecular weight excluding hydrogens is 1900 g/mol. The van der Waals surface area contributed by atoms with Crippen LogP contribution in [0, 0.1) is 50.6 Å². The molecule has 5 atom stereocenters. The molecule has 7 aromatic carbocycles. The van der Waals surface area contributed by atoms with Crippen molar-refractivity contribution in [2.45, 2.75) is 161 Å². The Bertz CT molecular complexity index is 5170. The maximum Gasteiger partial charge on any atom is 0.475 e. The Morgan fingerprint density at radius 1 is 0.394 bits per heavy atom. The van der Waals surface area contributed by atoms with E-state index in [0.29, 0.717) is 83.4 Å². The minimum atomic E-state index is -3.55. The number of hydrogen-bond donors (Lipinski definition) is 0. The summed E-state index contributed by atoms with van der Waals surface area (Å²) >= 11 is 2.02. The van der Waals surface area contributed by atoms with Gasteiger partial charge in [-0.15, -0.1) is 50.6 Å². The number of unbranched alkanes of at least 4 members (excludes halogenated alkanes) is 3. The van der Waals surface area contributed by atoms with Crippen LogP contribution in [-0.4, -0.2) is 179 Å². The molecule has 5 unspecified atom stereocenters. The number of hydrogen-bond acceptors (Lipinski definition) is 43. The van der Waals surface area contributed by atoms with E-state index in [1.807, 2.05) is 0 Å². The van der Waals surface area contributed by atoms with Gasteiger partial charge in [-0.3, -0.25) is 75.1 Å². The van der Waals surface area contributed by atoms with Gasteiger partial charge < -0.3 is 52.6 Å². The fourth-order valence-corrected chi connectivity index (χ4v) is 15.5. The summed E-state index contributed by atoms with van der Waals surface area (Å²) in [6.45, 7) is 11.0. The van der Waals surface area contributed by atoms with Gasteiger partial charge >= 0.3 is 51.5 Å². The fraction of sp³-hybridized carbons (Fsp3) is 0.379. The molecule has 2 saturated heterocycles. The van der Waals surface area contributed by atoms with Gasteiger partial charge in [0.15, 0.2) is 33.4 Å². The minimum absolute atomic E-state index is 0.00382. The van der Waals surface area contributed by atoms with E-state index in [1.165, 1.54) is 65.8 Å². The Kier molecular flexibility index (Phi) is 53.0. The smallest absolute Gasteiger partial charge is 0.462 e. The topological polar surface area (TPSA) is 612 Å². The fourth-order valence-electron chi connectivity index (χ4n) is 11.3. The largest absolute Gasteiger partial charge is 0.475 e. The molecule has 0 saturated carbocycles. The monoisotopic (exact) mass is 2000 g/mol. The molecule has 2 aliphatic rings. The molecule has 50 heteroatoms. The number of ketones is 4. The summed E-state index contributed by atoms with van der Waals surface area (Å²) in [5.74, 6) is -3.54. The summed E-state index contributed by atoms with van der Waals surface area (Å²) < 4.78 is 84.0. The summed E-state index contributed by atoms with van der Waals surface area (Å²) in [6.07, 6.45) is 1.30. The predicted octanol–water partition coefficient (Wildman–Crippen LogP) is 15.4. The molecule has 0 N–H and O–H groups in total. The van der Waals surface area contributed by atoms with Crippen LogP contribution in [0.15, 0.2) is 180 Å². The molecule has 2 heterocycles. The van der Waals surface area contributed by atoms with Crippen LogP contribution in [-0.2, 0) is 112 Å². The SMILES string of the molecule is CC(=O)Oc1ccccc1C(=O)CCC(CO[N+](=O)[O-])O[N+](=O)[O-].CC(=O)Oc1ccccc1C(=O)Cc1ccc(CCO[N+](=O)[O-])cc1.CC(=O)Sc1ccccc1C(=O)CCCCCO[N+](=O)[O-].CC(=O)Sc1ccccc1C(=O)OCCCCO[N+](=O)[O-].CCOP1(=O)OCC(CCC(=O)c2ccccc2OC(C)=O)O1.CCOP1(=O)OCC(COC(=O)c2ccccc2OC(C)=O)O1. The number of phosphoric ester groups is 2. The molecular formula is C87H99N5O41P2S2. The van der Waals surface area contributed by atoms with Crippen molar-refractivity contribution < 1.29 is 172 Å². The molecule has 0 bridgehead atoms. The van der Waals surface area contributed by atoms with Gasteiger partial charge in [0.1, 0.15) is 60.6 Å². The predicted molar refractivity (Wildman–Crippen MR) is 479 cm³/mol. The summed E-state index contributed by atoms with van der Waals surface area (Å²) in [6, 6.07) is 46.2. The summed E-state index contributed by atoms with van der Waals surface area (Å²) in [5, 5.41) is 45.6. The molecule has 2 aliphatic heterocycles. The van der Waals surface area contributed by atoms with Gasteiger partial charge in [-0.25, -0.2) is 18.7 Å². The van der Waals surface area contributed by atoms with E-state index in [2.05, 4.69) is 24.2 Å². The summed E-state index contributed by atoms with van der Waals surface area (Å²) in [4.78, 5) is 212. The number of rotatable bonds is 48. The first kappa shape index (κ1) is 116. The Hall–Kier alpha value is -13.7. The van der Waals surface area contributed by atoms with Crippen LogP contribution in [0.3, 0.4) is 0 Å². The lowest BCUT2D eigenvalue weighted by molar-refractivity contribution is -0.790. The van der Waals surface area contributed by atoms with E-state index in [9.17, 15) is 117 Å². The molecule has 0 amide bonds. The zero-order chi connectivity index (χ0) is 101. The Morgan fingerprint density at radius 2 is 0.766 bits per heavy atom. The molecule has 7 aromatic rings. The van der Waals surface area contributed by atoms with Gasteiger partial charge in [0.25, 0.3) is 25.4 Å². The standard InChI is InChI=1S/C18H17NO6.C15H19O7P.C14H17NO5S.C14H17O8P.C13H14N2O9.C13H15NO6S/c1-13(20)25-18-5-3-2-4-16(18)17(21)12-15-8-6-14(7-9-15)10-11-24-19(22)23;1-3-19-23(18)20-10-12(22-23)8-9-14(17)13-6-4-5-7-15(13)21-11(2)16;1-11(16)21-14-9-5-4-7-12(14)13(17)8-3-2-6-10-20-15(18)19;1-3-19-23(17)20-9-11(22-23)8-18-14(16)12-6-4-5-7-13(12)21-10(2)15;1-9(16)23-13-5-3-2-4-11(13)12(17)7-6-10(24-15(20)21)8-22-14(18)19;1-10(15)21-12-7-3-2-6-11(12)13(16)19-8-4-5-9-20-14(17)18/h2-9H,10-12H2,1H3;4-7,12H,3,8-10H2,1-2H3;4-5,7,9H,2-3,6,8,10H2,1H3;4-7,11H,3,8-9H2,1-2H3;2-5,10H,6-8H2,1H3;2-3,6-7H,4-5,8-9H2,1H3. The highest BCUT2D eigenvalue weighted by Crippen LogP contribution is 2.56. The highest BCUT2D eigenvalue weighted by molar-refractivity contribution is 8.14. The van der Waals surface area contributed by atoms with Gasteiger partial charge in [-0.1, -0.05) is 133 Å². The van der Waals surface area contributed by atoms with Crippen molar-refractivity contribution in [2.75, 3.05) is 66.1 Å². The van der Waals surface area contributed by atoms with Crippen molar-refractivity contribution in [2.24, 2.45) is 0 Å². The van der Waals surface area contributed by atoms with Gasteiger partial charge in [-0.05, 0) is 137 Å². The van der Waals surface area contributed by atoms with Crippen molar-refractivity contribution >= 4 is 108 Å². The highest BCUT2D eigenvalue weighted by Gasteiger charge is 2.40. The number of carbonyl (C=O) groups excluding carboxylic acids is 12. The van der Waals surface area contributed by atoms with Crippen LogP contribution >= 0.6 is 39.2 Å². The molecule has 0 radical (unpaired) electrons. The number of Topliss-reactive ketones (excluding diaryl/α,β-unsaturated/α-hetero) is 4. The van der Waals surface area contributed by atoms with Crippen LogP contribution in [0.25, 0.3) is 0 Å². The van der Waals surface area contributed by atoms with Crippen molar-refractivity contribution in [3.63, 3.8) is 0 Å². The summed E-state index contributed by atoms with van der Waals surface area (Å²) in [5.41, 5.74) is 3.45. The maximum atomic E-state index is 12.5. The Labute approximate surface area is 790 Å². The van der Waals surface area contributed by atoms with E-state index in [0.717, 1.165) is 34.7 Å². The quantitative estimate of drug-likeness (QED) is 0.00499. The Morgan fingerprint density at radius 3 is 1.23 bits per heavy atom. The third-order valence-corrected chi connectivity index (χ3v) is 21.9. The first-order valence-corrected chi connectivity index (χ1v) is 45.9. The first-order chi connectivity index (χ1) is 65.1. The average Bonchev–Trinajstić information content (AvgIpc) is 1.72. The number of thioether (sulfide) groups is 2. The zero-order valence-electron chi connectivity index (χ0n) is 75.1. The summed E-state index contributed by atoms with van der Waals surface area (Å²) in [7, 11) is -7.01. The Balaban J connectivity index is 0.000000344. The molecule has 740 valence electrons. The number of para-hydroxylation sites is 4. The molecule has 9 rings (SSSR count). The second-order valence-corrected chi connectivity index (χ2v) is 33.4. The van der Waals surface area contributed by atoms with E-state index in [1.54, 1.807) is 159 Å². The van der Waals surface area contributed by atoms with Crippen molar-refractivity contribution in [3.05, 3.63) is 265 Å². The average molecular weight is 2000 g/mol. The lowest BCUT2D eigenvalue weighted by atomic mass is 10.0. The second-order valence-electron chi connectivity index (χ2n) is 27.7. The van der Waals surface area contributed by atoms with E-state index in [4.69, 9.17) is 55.6 Å². The first-order valence-electron chi connectivity index (χ1n) is 41.4. The second kappa shape index (κ2) is 62.8. The van der Waals surface area contributed by atoms with Crippen LogP contribution in [0.5, 0.6) is 23.0 Å². The molecule has 137 heavy (non-hydrogen) atoms. The van der Waals surface area contributed by atoms with E-state index < -0.39 is 108 Å². The van der Waals surface area contributed by atoms with Crippen LogP contribution in [0.4, 0.5) is 0 Å². The highest BCUT2D eigenvalue weighted by atomic mass is 32.2. The van der Waals surface area contributed by atoms with Crippen LogP contribution in [0.2, 0.25) is 0 Å². The molecule has 46 nitrogen and oxygen atoms in total. The zero-order valence-corrected chi connectivity index (χ0v) is 78.6. The number of nitrogens with zero attached hydrogens (tertiary/aromatic N) is 5. The number of benzene rings is 7. The van der Waals surface area contributed by atoms with Crippen molar-refractivity contribution in [1.82, 2.24) is 0 Å². The normalized spacial score (nSPS) is 14.8. The number of ether oxygens (including phenoxy) is 6. The molecule has 2 fully saturated rings. The minimum Gasteiger partial charge on any atom is -0.462 e. The van der Waals surface area contributed by atoms with E-state index >= 15 is 0 Å². The van der Waals surface area contributed by atoms with E-state index in [-0.39, 0.29) is 147 Å². The molecule has 0 spiro atoms. The number of phosphoric acid groups is 2. The van der Waals surface area contributed by atoms with Gasteiger partial charge in [0.2, 0.25) is 0 Å². The number of esters is 6. The maximum absolute atomic E-state index is 12.5. The number of carbonyl (C=O) groups is 12. The lowest BCUT2D eigenvalue weighted by Crippen LogP contribution is -2.25. The molecule has 0 aliphatic carbocycles. The third-order valence-electron chi connectivity index (χ3n) is 17.0. The van der Waals surface area contributed by atoms with Crippen molar-refractivity contribution in [3.8, 4) is 23.0 Å². The molecule has 0 aromatic heterocycles. The third kappa shape index (κ3) is 47.9. The van der Waals surface area contributed by atoms with Crippen LogP contribution < -0.4 is 18.9 Å². The van der Waals surface area contributed by atoms with Gasteiger partial charge in [0.05, 0.1) is 74.6 Å². The van der Waals surface area contributed by atoms with Crippen LogP contribution in [0.1, 0.15) is 193 Å². The van der Waals surface area contributed by atoms with Crippen molar-refractivity contribution in [1.29, 1.82) is 0 Å². The van der Waals surface area contributed by atoms with Gasteiger partial charge in [0, 0.05) is 82.6 Å².